The van der Waals surface area contributed by atoms with E-state index in [1.807, 2.05) is 6.92 Å². The van der Waals surface area contributed by atoms with E-state index in [1.54, 1.807) is 0 Å². The molecule has 0 spiro atoms. The number of ether oxygens (including phenoxy) is 1. The van der Waals surface area contributed by atoms with Gasteiger partial charge in [-0.05, 0) is 0 Å². The van der Waals surface area contributed by atoms with Crippen molar-refractivity contribution < 1.29 is 28.5 Å². The highest BCUT2D eigenvalue weighted by atomic mass is 31.2. The van der Waals surface area contributed by atoms with E-state index in [1.165, 1.54) is 0 Å². The van der Waals surface area contributed by atoms with E-state index in [-0.39, 0.29) is 0 Å². The summed E-state index contributed by atoms with van der Waals surface area (Å²) in [5.41, 5.74) is 0. The van der Waals surface area contributed by atoms with Gasteiger partial charge in [-0.1, -0.05) is 12.8 Å². The van der Waals surface area contributed by atoms with Crippen molar-refractivity contribution in [2.45, 2.75) is 13.3 Å². The fourth-order valence-electron chi connectivity index (χ4n) is 0.494. The molecule has 16 heavy (non-hydrogen) atoms. The van der Waals surface area contributed by atoms with Crippen LogP contribution in [0.1, 0.15) is 13.3 Å². The van der Waals surface area contributed by atoms with Gasteiger partial charge < -0.3 is 23.9 Å². The molecule has 0 bridgehead atoms. The number of nitrogens with zero attached hydrogens (tertiary/aromatic N) is 1. The quantitative estimate of drug-likeness (QED) is 0.289. The molecule has 0 aromatic rings. The van der Waals surface area contributed by atoms with Crippen LogP contribution in [0.15, 0.2) is 0 Å². The highest BCUT2D eigenvalue weighted by Gasteiger charge is 2.04. The average Bonchev–Trinajstić information content (AvgIpc) is 1.98. The SMILES string of the molecule is CCC#COCC[N+](C)(C)C.O=P(O)(O)O. The van der Waals surface area contributed by atoms with Gasteiger partial charge >= 0.3 is 7.82 Å². The predicted molar refractivity (Wildman–Crippen MR) is 61.2 cm³/mol. The fraction of sp³-hybridized carbons (Fsp3) is 0.778. The Morgan fingerprint density at radius 1 is 1.25 bits per heavy atom. The summed E-state index contributed by atoms with van der Waals surface area (Å²) in [5, 5.41) is 0. The molecule has 0 aliphatic heterocycles. The molecule has 0 unspecified atom stereocenters. The van der Waals surface area contributed by atoms with Crippen LogP contribution < -0.4 is 0 Å². The van der Waals surface area contributed by atoms with E-state index in [0.717, 1.165) is 24.1 Å². The van der Waals surface area contributed by atoms with Crippen LogP contribution in [-0.2, 0) is 9.30 Å². The minimum atomic E-state index is -4.64. The summed E-state index contributed by atoms with van der Waals surface area (Å²) in [4.78, 5) is 21.6. The van der Waals surface area contributed by atoms with Gasteiger partial charge in [-0.25, -0.2) is 4.57 Å². The van der Waals surface area contributed by atoms with Gasteiger partial charge in [0.05, 0.1) is 21.1 Å². The molecule has 96 valence electrons. The third-order valence-electron chi connectivity index (χ3n) is 1.19. The lowest BCUT2D eigenvalue weighted by Gasteiger charge is -2.22. The van der Waals surface area contributed by atoms with Crippen LogP contribution in [0.3, 0.4) is 0 Å². The lowest BCUT2D eigenvalue weighted by molar-refractivity contribution is -0.870. The van der Waals surface area contributed by atoms with E-state index >= 15 is 0 Å². The molecule has 0 heterocycles. The van der Waals surface area contributed by atoms with Gasteiger partial charge in [0.1, 0.15) is 19.3 Å². The number of rotatable bonds is 3. The van der Waals surface area contributed by atoms with E-state index in [2.05, 4.69) is 33.2 Å². The summed E-state index contributed by atoms with van der Waals surface area (Å²) >= 11 is 0. The Bertz CT molecular complexity index is 262. The van der Waals surface area contributed by atoms with Gasteiger partial charge in [0.2, 0.25) is 0 Å². The first-order valence-corrected chi connectivity index (χ1v) is 6.31. The van der Waals surface area contributed by atoms with Crippen LogP contribution in [0.4, 0.5) is 0 Å². The Balaban J connectivity index is 0. The number of phosphoric acid groups is 1. The summed E-state index contributed by atoms with van der Waals surface area (Å²) in [6, 6.07) is 0. The van der Waals surface area contributed by atoms with Gasteiger partial charge in [0.25, 0.3) is 0 Å². The second kappa shape index (κ2) is 8.57. The first-order chi connectivity index (χ1) is 7.06. The molecule has 3 N–H and O–H groups in total. The van der Waals surface area contributed by atoms with E-state index in [0.29, 0.717) is 0 Å². The molecule has 0 atom stereocenters. The molecule has 0 saturated carbocycles. The maximum absolute atomic E-state index is 8.88. The second-order valence-corrected chi connectivity index (χ2v) is 5.03. The third-order valence-corrected chi connectivity index (χ3v) is 1.19. The zero-order chi connectivity index (χ0) is 13.2. The zero-order valence-electron chi connectivity index (χ0n) is 10.2. The Morgan fingerprint density at radius 3 is 2.00 bits per heavy atom. The lowest BCUT2D eigenvalue weighted by Crippen LogP contribution is -2.37. The number of hydrogen-bond donors (Lipinski definition) is 3. The number of quaternary nitrogens is 1. The van der Waals surface area contributed by atoms with E-state index in [9.17, 15) is 0 Å². The largest absolute Gasteiger partial charge is 0.466 e. The molecule has 0 aromatic carbocycles. The Hall–Kier alpha value is -0.570. The van der Waals surface area contributed by atoms with Crippen molar-refractivity contribution in [3.8, 4) is 12.0 Å². The van der Waals surface area contributed by atoms with Gasteiger partial charge in [0, 0.05) is 6.42 Å². The van der Waals surface area contributed by atoms with Crippen molar-refractivity contribution >= 4 is 7.82 Å². The molecule has 0 fully saturated rings. The molecule has 0 aliphatic rings. The first-order valence-electron chi connectivity index (χ1n) is 4.74. The molecule has 0 aliphatic carbocycles. The average molecular weight is 254 g/mol. The van der Waals surface area contributed by atoms with Gasteiger partial charge in [-0.15, -0.1) is 0 Å². The third kappa shape index (κ3) is 37.6. The van der Waals surface area contributed by atoms with Crippen molar-refractivity contribution in [2.24, 2.45) is 0 Å². The molecule has 0 amide bonds. The lowest BCUT2D eigenvalue weighted by atomic mass is 10.5. The highest BCUT2D eigenvalue weighted by molar-refractivity contribution is 7.45. The standard InChI is InChI=1S/C9H18NO.H3O4P/c1-5-6-8-11-9-7-10(2,3)4;1-5(2,3)4/h5,7,9H2,1-4H3;(H3,1,2,3,4)/q+1;. The van der Waals surface area contributed by atoms with Crippen LogP contribution >= 0.6 is 7.82 Å². The van der Waals surface area contributed by atoms with Gasteiger partial charge in [0.15, 0.2) is 0 Å². The molecule has 0 rings (SSSR count). The maximum Gasteiger partial charge on any atom is 0.466 e. The van der Waals surface area contributed by atoms with Crippen molar-refractivity contribution in [3.05, 3.63) is 0 Å². The van der Waals surface area contributed by atoms with Crippen molar-refractivity contribution in [1.82, 2.24) is 0 Å². The summed E-state index contributed by atoms with van der Waals surface area (Å²) in [7, 11) is 1.77. The van der Waals surface area contributed by atoms with Crippen LogP contribution in [0.2, 0.25) is 0 Å². The Labute approximate surface area is 96.7 Å². The molecule has 0 radical (unpaired) electrons. The van der Waals surface area contributed by atoms with Crippen LogP contribution in [-0.4, -0.2) is 53.5 Å². The molecule has 0 aromatic heterocycles. The molecular weight excluding hydrogens is 233 g/mol. The smallest absolute Gasteiger partial charge is 0.441 e. The highest BCUT2D eigenvalue weighted by Crippen LogP contribution is 2.25. The van der Waals surface area contributed by atoms with Crippen LogP contribution in [0.25, 0.3) is 0 Å². The van der Waals surface area contributed by atoms with Gasteiger partial charge in [-0.2, -0.15) is 0 Å². The topological polar surface area (TPSA) is 87.0 Å². The minimum Gasteiger partial charge on any atom is -0.441 e. The summed E-state index contributed by atoms with van der Waals surface area (Å²) in [6.07, 6.45) is 3.51. The van der Waals surface area contributed by atoms with Crippen molar-refractivity contribution in [1.29, 1.82) is 0 Å². The van der Waals surface area contributed by atoms with Crippen molar-refractivity contribution in [3.63, 3.8) is 0 Å². The Kier molecular flexibility index (Phi) is 9.54. The summed E-state index contributed by atoms with van der Waals surface area (Å²) in [6.45, 7) is 3.73. The van der Waals surface area contributed by atoms with E-state index in [4.69, 9.17) is 24.0 Å². The Morgan fingerprint density at radius 2 is 1.69 bits per heavy atom. The second-order valence-electron chi connectivity index (χ2n) is 4.01. The minimum absolute atomic E-state index is 0.719. The predicted octanol–water partition coefficient (Wildman–Crippen LogP) is 0.151. The molecule has 6 nitrogen and oxygen atoms in total. The number of likely N-dealkylation sites (N-methyl/N-ethyl adjacent to an activating group) is 1. The summed E-state index contributed by atoms with van der Waals surface area (Å²) < 4.78 is 14.9. The summed E-state index contributed by atoms with van der Waals surface area (Å²) in [5.74, 6) is 2.86. The zero-order valence-corrected chi connectivity index (χ0v) is 11.1. The number of hydrogen-bond acceptors (Lipinski definition) is 2. The first kappa shape index (κ1) is 17.8. The molecular formula is C9H21NO5P+. The van der Waals surface area contributed by atoms with E-state index < -0.39 is 7.82 Å². The van der Waals surface area contributed by atoms with Gasteiger partial charge in [-0.3, -0.25) is 0 Å². The maximum atomic E-state index is 8.88. The fourth-order valence-corrected chi connectivity index (χ4v) is 0.494. The van der Waals surface area contributed by atoms with Crippen LogP contribution in [0, 0.1) is 12.0 Å². The normalized spacial score (nSPS) is 10.7. The molecule has 7 heteroatoms. The van der Waals surface area contributed by atoms with Crippen LogP contribution in [0.5, 0.6) is 0 Å². The molecule has 0 saturated heterocycles. The van der Waals surface area contributed by atoms with Crippen molar-refractivity contribution in [2.75, 3.05) is 34.3 Å². The monoisotopic (exact) mass is 254 g/mol.